The smallest absolute Gasteiger partial charge is 0.261 e. The zero-order valence-electron chi connectivity index (χ0n) is 9.09. The molecule has 0 unspecified atom stereocenters. The van der Waals surface area contributed by atoms with Gasteiger partial charge in [-0.15, -0.1) is 0 Å². The molecule has 1 N–H and O–H groups in total. The number of hydrazone groups is 1. The third-order valence-corrected chi connectivity index (χ3v) is 1.94. The highest BCUT2D eigenvalue weighted by Gasteiger charge is 2.04. The zero-order chi connectivity index (χ0) is 12.8. The lowest BCUT2D eigenvalue weighted by Crippen LogP contribution is -1.96. The fraction of sp³-hybridized carbons (Fsp3) is 0. The molecule has 0 aliphatic carbocycles. The Kier molecular flexibility index (Phi) is 3.50. The lowest BCUT2D eigenvalue weighted by Gasteiger charge is -1.97. The number of hydrogen-bond donors (Lipinski definition) is 1. The molecule has 0 saturated carbocycles. The molecule has 2 rings (SSSR count). The largest absolute Gasteiger partial charge is 0.287 e. The highest BCUT2D eigenvalue weighted by atomic mass is 16.6. The van der Waals surface area contributed by atoms with Gasteiger partial charge in [-0.3, -0.25) is 15.5 Å². The number of nitrogens with zero attached hydrogens (tertiary/aromatic N) is 5. The van der Waals surface area contributed by atoms with Crippen LogP contribution in [0.5, 0.6) is 0 Å². The summed E-state index contributed by atoms with van der Waals surface area (Å²) in [6, 6.07) is 4.50. The van der Waals surface area contributed by atoms with Crippen molar-refractivity contribution in [1.82, 2.24) is 15.0 Å². The molecule has 0 spiro atoms. The first-order valence-corrected chi connectivity index (χ1v) is 4.91. The third-order valence-electron chi connectivity index (χ3n) is 1.94. The highest BCUT2D eigenvalue weighted by molar-refractivity contribution is 5.77. The van der Waals surface area contributed by atoms with E-state index in [-0.39, 0.29) is 5.69 Å². The van der Waals surface area contributed by atoms with Gasteiger partial charge in [0.25, 0.3) is 5.69 Å². The van der Waals surface area contributed by atoms with Crippen LogP contribution in [0.15, 0.2) is 42.0 Å². The molecule has 8 heteroatoms. The quantitative estimate of drug-likeness (QED) is 0.492. The van der Waals surface area contributed by atoms with Gasteiger partial charge >= 0.3 is 0 Å². The summed E-state index contributed by atoms with van der Waals surface area (Å²) in [4.78, 5) is 21.4. The molecule has 0 bridgehead atoms. The van der Waals surface area contributed by atoms with Gasteiger partial charge in [0, 0.05) is 12.3 Å². The molecular formula is C10H8N6O2. The minimum atomic E-state index is -0.513. The first-order valence-electron chi connectivity index (χ1n) is 4.91. The number of rotatable bonds is 4. The lowest BCUT2D eigenvalue weighted by atomic mass is 10.4. The summed E-state index contributed by atoms with van der Waals surface area (Å²) in [6.45, 7) is 0. The van der Waals surface area contributed by atoms with Gasteiger partial charge in [-0.2, -0.15) is 5.10 Å². The van der Waals surface area contributed by atoms with Crippen LogP contribution in [0.25, 0.3) is 0 Å². The number of pyridine rings is 1. The van der Waals surface area contributed by atoms with E-state index in [1.807, 2.05) is 0 Å². The first kappa shape index (κ1) is 11.6. The maximum absolute atomic E-state index is 10.4. The molecule has 90 valence electrons. The molecule has 0 aliphatic heterocycles. The fourth-order valence-electron chi connectivity index (χ4n) is 1.10. The van der Waals surface area contributed by atoms with Crippen LogP contribution in [-0.2, 0) is 0 Å². The lowest BCUT2D eigenvalue weighted by molar-refractivity contribution is -0.385. The minimum Gasteiger partial charge on any atom is -0.261 e. The molecular weight excluding hydrogens is 236 g/mol. The molecule has 18 heavy (non-hydrogen) atoms. The van der Waals surface area contributed by atoms with Crippen LogP contribution in [0.3, 0.4) is 0 Å². The van der Waals surface area contributed by atoms with Crippen LogP contribution in [0.2, 0.25) is 0 Å². The molecule has 0 radical (unpaired) electrons. The monoisotopic (exact) mass is 244 g/mol. The van der Waals surface area contributed by atoms with E-state index in [1.54, 1.807) is 12.3 Å². The molecule has 0 amide bonds. The molecule has 0 aromatic carbocycles. The zero-order valence-corrected chi connectivity index (χ0v) is 9.09. The van der Waals surface area contributed by atoms with Gasteiger partial charge in [0.2, 0.25) is 0 Å². The van der Waals surface area contributed by atoms with Crippen molar-refractivity contribution in [2.24, 2.45) is 5.10 Å². The van der Waals surface area contributed by atoms with Crippen LogP contribution >= 0.6 is 0 Å². The van der Waals surface area contributed by atoms with Crippen LogP contribution < -0.4 is 5.43 Å². The van der Waals surface area contributed by atoms with Crippen molar-refractivity contribution in [3.05, 3.63) is 52.7 Å². The van der Waals surface area contributed by atoms with Crippen LogP contribution in [0, 0.1) is 10.1 Å². The Balaban J connectivity index is 1.98. The summed E-state index contributed by atoms with van der Waals surface area (Å²) in [5.74, 6) is 0.408. The Labute approximate surface area is 102 Å². The van der Waals surface area contributed by atoms with Crippen LogP contribution in [-0.4, -0.2) is 26.1 Å². The Hall–Kier alpha value is -2.90. The van der Waals surface area contributed by atoms with Gasteiger partial charge < -0.3 is 0 Å². The Morgan fingerprint density at radius 3 is 2.83 bits per heavy atom. The van der Waals surface area contributed by atoms with Crippen molar-refractivity contribution in [1.29, 1.82) is 0 Å². The van der Waals surface area contributed by atoms with E-state index >= 15 is 0 Å². The second-order valence-corrected chi connectivity index (χ2v) is 3.16. The average Bonchev–Trinajstić information content (AvgIpc) is 2.40. The van der Waals surface area contributed by atoms with Gasteiger partial charge in [0.05, 0.1) is 16.8 Å². The molecule has 0 atom stereocenters. The molecule has 0 saturated heterocycles. The van der Waals surface area contributed by atoms with Gasteiger partial charge in [0.1, 0.15) is 18.3 Å². The molecule has 0 aliphatic rings. The maximum Gasteiger partial charge on any atom is 0.287 e. The SMILES string of the molecule is O=[N+]([O-])c1ccc(N/N=C/c2ccncn2)nc1. The average molecular weight is 244 g/mol. The molecule has 2 aromatic heterocycles. The van der Waals surface area contributed by atoms with Crippen LogP contribution in [0.4, 0.5) is 11.5 Å². The summed E-state index contributed by atoms with van der Waals surface area (Å²) in [5, 5.41) is 14.3. The number of hydrogen-bond acceptors (Lipinski definition) is 7. The molecule has 2 aromatic rings. The van der Waals surface area contributed by atoms with Crippen molar-refractivity contribution in [3.8, 4) is 0 Å². The Morgan fingerprint density at radius 1 is 1.33 bits per heavy atom. The predicted octanol–water partition coefficient (Wildman–Crippen LogP) is 1.23. The van der Waals surface area contributed by atoms with E-state index < -0.39 is 4.92 Å². The van der Waals surface area contributed by atoms with Crippen molar-refractivity contribution in [2.45, 2.75) is 0 Å². The van der Waals surface area contributed by atoms with E-state index in [0.717, 1.165) is 6.20 Å². The van der Waals surface area contributed by atoms with E-state index in [4.69, 9.17) is 0 Å². The fourth-order valence-corrected chi connectivity index (χ4v) is 1.10. The molecule has 2 heterocycles. The molecule has 0 fully saturated rings. The van der Waals surface area contributed by atoms with Gasteiger partial charge in [-0.1, -0.05) is 0 Å². The van der Waals surface area contributed by atoms with Crippen LogP contribution in [0.1, 0.15) is 5.69 Å². The Bertz CT molecular complexity index is 554. The van der Waals surface area contributed by atoms with Crippen molar-refractivity contribution in [2.75, 3.05) is 5.43 Å². The van der Waals surface area contributed by atoms with E-state index in [0.29, 0.717) is 11.5 Å². The summed E-state index contributed by atoms with van der Waals surface area (Å²) in [5.41, 5.74) is 3.20. The van der Waals surface area contributed by atoms with Crippen molar-refractivity contribution >= 4 is 17.7 Å². The summed E-state index contributed by atoms with van der Waals surface area (Å²) >= 11 is 0. The first-order chi connectivity index (χ1) is 8.75. The van der Waals surface area contributed by atoms with Gasteiger partial charge in [0.15, 0.2) is 0 Å². The van der Waals surface area contributed by atoms with Gasteiger partial charge in [-0.05, 0) is 12.1 Å². The number of nitrogens with one attached hydrogen (secondary N) is 1. The number of aromatic nitrogens is 3. The second kappa shape index (κ2) is 5.43. The Morgan fingerprint density at radius 2 is 2.22 bits per heavy atom. The predicted molar refractivity (Wildman–Crippen MR) is 64.1 cm³/mol. The summed E-state index contributed by atoms with van der Waals surface area (Å²) < 4.78 is 0. The standard InChI is InChI=1S/C10H8N6O2/c17-16(18)9-1-2-10(12-6-9)15-14-5-8-3-4-11-7-13-8/h1-7H,(H,12,15)/b14-5+. The third kappa shape index (κ3) is 3.04. The van der Waals surface area contributed by atoms with E-state index in [9.17, 15) is 10.1 Å². The van der Waals surface area contributed by atoms with Crippen molar-refractivity contribution < 1.29 is 4.92 Å². The number of anilines is 1. The van der Waals surface area contributed by atoms with Crippen molar-refractivity contribution in [3.63, 3.8) is 0 Å². The maximum atomic E-state index is 10.4. The van der Waals surface area contributed by atoms with E-state index in [2.05, 4.69) is 25.5 Å². The topological polar surface area (TPSA) is 106 Å². The van der Waals surface area contributed by atoms with E-state index in [1.165, 1.54) is 24.7 Å². The number of nitro groups is 1. The second-order valence-electron chi connectivity index (χ2n) is 3.16. The van der Waals surface area contributed by atoms with Gasteiger partial charge in [-0.25, -0.2) is 15.0 Å². The minimum absolute atomic E-state index is 0.0691. The molecule has 8 nitrogen and oxygen atoms in total. The summed E-state index contributed by atoms with van der Waals surface area (Å²) in [6.07, 6.45) is 5.65. The normalized spacial score (nSPS) is 10.4. The summed E-state index contributed by atoms with van der Waals surface area (Å²) in [7, 11) is 0. The highest BCUT2D eigenvalue weighted by Crippen LogP contribution is 2.11.